The lowest BCUT2D eigenvalue weighted by atomic mass is 10.1. The number of benzene rings is 1. The highest BCUT2D eigenvalue weighted by Gasteiger charge is 2.19. The van der Waals surface area contributed by atoms with E-state index in [4.69, 9.17) is 14.2 Å². The monoisotopic (exact) mass is 224 g/mol. The first-order chi connectivity index (χ1) is 7.69. The molecule has 0 radical (unpaired) electrons. The molecule has 0 atom stereocenters. The van der Waals surface area contributed by atoms with E-state index >= 15 is 0 Å². The first-order valence-corrected chi connectivity index (χ1v) is 4.81. The van der Waals surface area contributed by atoms with Crippen LogP contribution in [0.3, 0.4) is 0 Å². The van der Waals surface area contributed by atoms with Crippen LogP contribution in [0.1, 0.15) is 5.56 Å². The Bertz CT molecular complexity index is 385. The van der Waals surface area contributed by atoms with Crippen molar-refractivity contribution in [1.29, 1.82) is 0 Å². The van der Waals surface area contributed by atoms with E-state index in [1.54, 1.807) is 12.1 Å². The van der Waals surface area contributed by atoms with Gasteiger partial charge in [-0.05, 0) is 12.5 Å². The maximum atomic E-state index is 9.84. The van der Waals surface area contributed by atoms with Gasteiger partial charge in [-0.25, -0.2) is 0 Å². The molecule has 0 spiro atoms. The van der Waals surface area contributed by atoms with Crippen LogP contribution < -0.4 is 14.2 Å². The summed E-state index contributed by atoms with van der Waals surface area (Å²) >= 11 is 0. The first-order valence-electron chi connectivity index (χ1n) is 4.81. The molecule has 0 saturated carbocycles. The van der Waals surface area contributed by atoms with Crippen LogP contribution in [0.2, 0.25) is 0 Å². The van der Waals surface area contributed by atoms with Crippen LogP contribution in [0.4, 0.5) is 0 Å². The Balaban J connectivity index is 3.42. The summed E-state index contributed by atoms with van der Waals surface area (Å²) in [4.78, 5) is 0. The molecule has 0 aromatic heterocycles. The summed E-state index contributed by atoms with van der Waals surface area (Å²) < 4.78 is 15.4. The number of phenolic OH excluding ortho intramolecular Hbond substituents is 1. The highest BCUT2D eigenvalue weighted by Crippen LogP contribution is 2.45. The minimum atomic E-state index is -0.0605. The summed E-state index contributed by atoms with van der Waals surface area (Å²) in [6, 6.07) is 1.71. The number of ether oxygens (including phenoxy) is 3. The van der Waals surface area contributed by atoms with Crippen molar-refractivity contribution in [3.8, 4) is 23.0 Å². The topological polar surface area (TPSA) is 47.9 Å². The largest absolute Gasteiger partial charge is 0.502 e. The minimum absolute atomic E-state index is 0.0605. The molecule has 1 aromatic rings. The van der Waals surface area contributed by atoms with Crippen molar-refractivity contribution in [1.82, 2.24) is 0 Å². The average Bonchev–Trinajstić information content (AvgIpc) is 2.30. The van der Waals surface area contributed by atoms with Gasteiger partial charge in [-0.1, -0.05) is 6.08 Å². The van der Waals surface area contributed by atoms with Crippen LogP contribution in [0.15, 0.2) is 18.7 Å². The van der Waals surface area contributed by atoms with Gasteiger partial charge >= 0.3 is 0 Å². The molecule has 16 heavy (non-hydrogen) atoms. The minimum Gasteiger partial charge on any atom is -0.502 e. The number of phenols is 1. The molecule has 0 aliphatic heterocycles. The zero-order valence-electron chi connectivity index (χ0n) is 9.74. The lowest BCUT2D eigenvalue weighted by Crippen LogP contribution is -1.98. The van der Waals surface area contributed by atoms with Crippen molar-refractivity contribution in [2.45, 2.75) is 6.42 Å². The van der Waals surface area contributed by atoms with E-state index in [0.29, 0.717) is 17.9 Å². The molecule has 1 aromatic carbocycles. The Morgan fingerprint density at radius 1 is 1.19 bits per heavy atom. The highest BCUT2D eigenvalue weighted by molar-refractivity contribution is 5.62. The standard InChI is InChI=1S/C12H16O4/c1-5-6-8-7-9(14-2)10(13)12(16-4)11(8)15-3/h5,7,13H,1,6H2,2-4H3. The first kappa shape index (κ1) is 12.2. The molecule has 0 bridgehead atoms. The van der Waals surface area contributed by atoms with Crippen LogP contribution in [-0.2, 0) is 6.42 Å². The molecular weight excluding hydrogens is 208 g/mol. The molecular formula is C12H16O4. The molecule has 1 rings (SSSR count). The van der Waals surface area contributed by atoms with E-state index in [-0.39, 0.29) is 11.5 Å². The summed E-state index contributed by atoms with van der Waals surface area (Å²) in [6.07, 6.45) is 2.35. The fourth-order valence-corrected chi connectivity index (χ4v) is 1.53. The fraction of sp³-hybridized carbons (Fsp3) is 0.333. The lowest BCUT2D eigenvalue weighted by molar-refractivity contribution is 0.314. The van der Waals surface area contributed by atoms with Crippen molar-refractivity contribution >= 4 is 0 Å². The van der Waals surface area contributed by atoms with Gasteiger partial charge in [-0.3, -0.25) is 0 Å². The van der Waals surface area contributed by atoms with Crippen LogP contribution in [-0.4, -0.2) is 26.4 Å². The molecule has 1 N–H and O–H groups in total. The molecule has 4 nitrogen and oxygen atoms in total. The molecule has 0 fully saturated rings. The Morgan fingerprint density at radius 2 is 1.81 bits per heavy atom. The number of hydrogen-bond donors (Lipinski definition) is 1. The zero-order valence-corrected chi connectivity index (χ0v) is 9.74. The second-order valence-corrected chi connectivity index (χ2v) is 3.15. The fourth-order valence-electron chi connectivity index (χ4n) is 1.53. The van der Waals surface area contributed by atoms with Crippen molar-refractivity contribution in [3.63, 3.8) is 0 Å². The van der Waals surface area contributed by atoms with Gasteiger partial charge in [0.1, 0.15) is 0 Å². The maximum Gasteiger partial charge on any atom is 0.207 e. The molecule has 0 aliphatic carbocycles. The van der Waals surface area contributed by atoms with E-state index in [2.05, 4.69) is 6.58 Å². The van der Waals surface area contributed by atoms with Crippen molar-refractivity contribution < 1.29 is 19.3 Å². The molecule has 88 valence electrons. The predicted octanol–water partition coefficient (Wildman–Crippen LogP) is 2.15. The smallest absolute Gasteiger partial charge is 0.207 e. The van der Waals surface area contributed by atoms with E-state index in [9.17, 15) is 5.11 Å². The third kappa shape index (κ3) is 2.05. The SMILES string of the molecule is C=CCc1cc(OC)c(O)c(OC)c1OC. The molecule has 4 heteroatoms. The summed E-state index contributed by atoms with van der Waals surface area (Å²) in [5.41, 5.74) is 0.851. The van der Waals surface area contributed by atoms with Gasteiger partial charge in [0.2, 0.25) is 11.5 Å². The van der Waals surface area contributed by atoms with Crippen molar-refractivity contribution in [2.75, 3.05) is 21.3 Å². The normalized spacial score (nSPS) is 9.69. The molecule has 0 unspecified atom stereocenters. The van der Waals surface area contributed by atoms with E-state index in [0.717, 1.165) is 5.56 Å². The van der Waals surface area contributed by atoms with Crippen LogP contribution in [0.25, 0.3) is 0 Å². The number of methoxy groups -OCH3 is 3. The second-order valence-electron chi connectivity index (χ2n) is 3.15. The average molecular weight is 224 g/mol. The van der Waals surface area contributed by atoms with Crippen LogP contribution in [0.5, 0.6) is 23.0 Å². The van der Waals surface area contributed by atoms with Crippen LogP contribution >= 0.6 is 0 Å². The van der Waals surface area contributed by atoms with Gasteiger partial charge in [0, 0.05) is 5.56 Å². The zero-order chi connectivity index (χ0) is 12.1. The van der Waals surface area contributed by atoms with Gasteiger partial charge in [0.15, 0.2) is 11.5 Å². The molecule has 0 amide bonds. The third-order valence-corrected chi connectivity index (χ3v) is 2.24. The molecule has 0 heterocycles. The quantitative estimate of drug-likeness (QED) is 0.778. The Morgan fingerprint density at radius 3 is 2.25 bits per heavy atom. The second kappa shape index (κ2) is 5.30. The summed E-state index contributed by atoms with van der Waals surface area (Å²) in [5, 5.41) is 9.84. The Kier molecular flexibility index (Phi) is 4.05. The number of aromatic hydroxyl groups is 1. The maximum absolute atomic E-state index is 9.84. The Hall–Kier alpha value is -1.84. The Labute approximate surface area is 95.1 Å². The van der Waals surface area contributed by atoms with Crippen LogP contribution in [0, 0.1) is 0 Å². The summed E-state index contributed by atoms with van der Waals surface area (Å²) in [6.45, 7) is 3.67. The van der Waals surface area contributed by atoms with Gasteiger partial charge < -0.3 is 19.3 Å². The van der Waals surface area contributed by atoms with Gasteiger partial charge in [0.05, 0.1) is 21.3 Å². The van der Waals surface area contributed by atoms with Crippen molar-refractivity contribution in [2.24, 2.45) is 0 Å². The number of rotatable bonds is 5. The van der Waals surface area contributed by atoms with Gasteiger partial charge in [-0.2, -0.15) is 0 Å². The van der Waals surface area contributed by atoms with E-state index in [1.807, 2.05) is 0 Å². The van der Waals surface area contributed by atoms with E-state index < -0.39 is 0 Å². The van der Waals surface area contributed by atoms with Crippen molar-refractivity contribution in [3.05, 3.63) is 24.3 Å². The number of allylic oxidation sites excluding steroid dienone is 1. The molecule has 0 saturated heterocycles. The summed E-state index contributed by atoms with van der Waals surface area (Å²) in [5.74, 6) is 1.07. The van der Waals surface area contributed by atoms with Gasteiger partial charge in [0.25, 0.3) is 0 Å². The molecule has 0 aliphatic rings. The predicted molar refractivity (Wildman–Crippen MR) is 61.7 cm³/mol. The number of hydrogen-bond acceptors (Lipinski definition) is 4. The van der Waals surface area contributed by atoms with E-state index in [1.165, 1.54) is 21.3 Å². The van der Waals surface area contributed by atoms with Gasteiger partial charge in [-0.15, -0.1) is 6.58 Å². The third-order valence-electron chi connectivity index (χ3n) is 2.24. The highest BCUT2D eigenvalue weighted by atomic mass is 16.5. The lowest BCUT2D eigenvalue weighted by Gasteiger charge is -2.15. The summed E-state index contributed by atoms with van der Waals surface area (Å²) in [7, 11) is 4.48.